The third kappa shape index (κ3) is 3.89. The van der Waals surface area contributed by atoms with Crippen LogP contribution in [0.25, 0.3) is 0 Å². The van der Waals surface area contributed by atoms with Gasteiger partial charge >= 0.3 is 0 Å². The fourth-order valence-electron chi connectivity index (χ4n) is 1.59. The molecule has 0 radical (unpaired) electrons. The standard InChI is InChI=1S/C13H17FN2O2S/c1-8(12(15)19)7-16(2)13(17)10-5-4-9(18-3)6-11(10)14/h4-6,8H,7H2,1-3H3,(H2,15,19). The van der Waals surface area contributed by atoms with Gasteiger partial charge in [0.15, 0.2) is 0 Å². The number of benzene rings is 1. The molecule has 0 bridgehead atoms. The van der Waals surface area contributed by atoms with Crippen molar-refractivity contribution in [1.82, 2.24) is 4.90 Å². The Bertz CT molecular complexity index is 494. The van der Waals surface area contributed by atoms with Crippen LogP contribution >= 0.6 is 12.2 Å². The summed E-state index contributed by atoms with van der Waals surface area (Å²) in [7, 11) is 3.02. The molecule has 0 spiro atoms. The van der Waals surface area contributed by atoms with E-state index in [1.165, 1.54) is 24.1 Å². The number of ether oxygens (including phenoxy) is 1. The first kappa shape index (κ1) is 15.4. The Kier molecular flexibility index (Phi) is 5.23. The van der Waals surface area contributed by atoms with Gasteiger partial charge in [-0.15, -0.1) is 0 Å². The topological polar surface area (TPSA) is 55.6 Å². The van der Waals surface area contributed by atoms with Gasteiger partial charge in [-0.2, -0.15) is 0 Å². The van der Waals surface area contributed by atoms with Gasteiger partial charge in [0.25, 0.3) is 5.91 Å². The van der Waals surface area contributed by atoms with Crippen LogP contribution < -0.4 is 10.5 Å². The van der Waals surface area contributed by atoms with Crippen molar-refractivity contribution in [2.45, 2.75) is 6.92 Å². The molecule has 0 fully saturated rings. The predicted molar refractivity (Wildman–Crippen MR) is 75.9 cm³/mol. The Labute approximate surface area is 117 Å². The fraction of sp³-hybridized carbons (Fsp3) is 0.385. The van der Waals surface area contributed by atoms with E-state index >= 15 is 0 Å². The molecule has 19 heavy (non-hydrogen) atoms. The summed E-state index contributed by atoms with van der Waals surface area (Å²) < 4.78 is 18.7. The first-order valence-electron chi connectivity index (χ1n) is 5.75. The molecule has 4 nitrogen and oxygen atoms in total. The zero-order valence-electron chi connectivity index (χ0n) is 11.1. The zero-order chi connectivity index (χ0) is 14.6. The Hall–Kier alpha value is -1.69. The average molecular weight is 284 g/mol. The van der Waals surface area contributed by atoms with Crippen LogP contribution in [0.4, 0.5) is 4.39 Å². The molecule has 1 aromatic carbocycles. The molecule has 0 aliphatic heterocycles. The first-order chi connectivity index (χ1) is 8.86. The number of carbonyl (C=O) groups excluding carboxylic acids is 1. The summed E-state index contributed by atoms with van der Waals surface area (Å²) in [6.45, 7) is 2.16. The molecule has 6 heteroatoms. The minimum absolute atomic E-state index is 0.00144. The van der Waals surface area contributed by atoms with E-state index in [1.54, 1.807) is 13.1 Å². The third-order valence-corrected chi connectivity index (χ3v) is 3.19. The van der Waals surface area contributed by atoms with E-state index in [2.05, 4.69) is 0 Å². The second kappa shape index (κ2) is 6.47. The maximum atomic E-state index is 13.8. The van der Waals surface area contributed by atoms with Crippen LogP contribution in [0.5, 0.6) is 5.75 Å². The molecule has 2 N–H and O–H groups in total. The van der Waals surface area contributed by atoms with E-state index in [0.717, 1.165) is 0 Å². The highest BCUT2D eigenvalue weighted by molar-refractivity contribution is 7.80. The van der Waals surface area contributed by atoms with Gasteiger partial charge in [-0.1, -0.05) is 19.1 Å². The number of nitrogens with zero attached hydrogens (tertiary/aromatic N) is 1. The van der Waals surface area contributed by atoms with Crippen LogP contribution in [-0.4, -0.2) is 36.5 Å². The lowest BCUT2D eigenvalue weighted by Crippen LogP contribution is -2.35. The van der Waals surface area contributed by atoms with Crippen LogP contribution in [-0.2, 0) is 0 Å². The highest BCUT2D eigenvalue weighted by Gasteiger charge is 2.19. The SMILES string of the molecule is COc1ccc(C(=O)N(C)CC(C)C(N)=S)c(F)c1. The summed E-state index contributed by atoms with van der Waals surface area (Å²) in [5, 5.41) is 0. The molecule has 1 amide bonds. The number of hydrogen-bond donors (Lipinski definition) is 1. The Morgan fingerprint density at radius 2 is 2.21 bits per heavy atom. The molecule has 0 aliphatic carbocycles. The molecule has 1 unspecified atom stereocenters. The van der Waals surface area contributed by atoms with Crippen LogP contribution in [0.1, 0.15) is 17.3 Å². The monoisotopic (exact) mass is 284 g/mol. The van der Waals surface area contributed by atoms with E-state index in [1.807, 2.05) is 6.92 Å². The average Bonchev–Trinajstić information content (AvgIpc) is 2.37. The van der Waals surface area contributed by atoms with Crippen molar-refractivity contribution < 1.29 is 13.9 Å². The van der Waals surface area contributed by atoms with Gasteiger partial charge in [-0.3, -0.25) is 4.79 Å². The number of methoxy groups -OCH3 is 1. The van der Waals surface area contributed by atoms with Gasteiger partial charge < -0.3 is 15.4 Å². The lowest BCUT2D eigenvalue weighted by molar-refractivity contribution is 0.0782. The third-order valence-electron chi connectivity index (χ3n) is 2.79. The second-order valence-electron chi connectivity index (χ2n) is 4.33. The number of nitrogens with two attached hydrogens (primary N) is 1. The second-order valence-corrected chi connectivity index (χ2v) is 4.81. The minimum atomic E-state index is -0.612. The molecular weight excluding hydrogens is 267 g/mol. The van der Waals surface area contributed by atoms with Crippen molar-refractivity contribution in [3.05, 3.63) is 29.6 Å². The van der Waals surface area contributed by atoms with Crippen molar-refractivity contribution in [1.29, 1.82) is 0 Å². The summed E-state index contributed by atoms with van der Waals surface area (Å²) >= 11 is 4.85. The summed E-state index contributed by atoms with van der Waals surface area (Å²) in [6, 6.07) is 4.12. The molecule has 1 rings (SSSR count). The molecule has 0 saturated heterocycles. The highest BCUT2D eigenvalue weighted by Crippen LogP contribution is 2.17. The van der Waals surface area contributed by atoms with Gasteiger partial charge in [0.05, 0.1) is 17.7 Å². The van der Waals surface area contributed by atoms with Crippen molar-refractivity contribution in [3.8, 4) is 5.75 Å². The molecule has 0 aromatic heterocycles. The molecule has 1 atom stereocenters. The lowest BCUT2D eigenvalue weighted by Gasteiger charge is -2.21. The largest absolute Gasteiger partial charge is 0.497 e. The number of amides is 1. The molecular formula is C13H17FN2O2S. The smallest absolute Gasteiger partial charge is 0.256 e. The van der Waals surface area contributed by atoms with Crippen molar-refractivity contribution in [2.75, 3.05) is 20.7 Å². The van der Waals surface area contributed by atoms with Gasteiger partial charge in [-0.05, 0) is 12.1 Å². The number of thiocarbonyl (C=S) groups is 1. The van der Waals surface area contributed by atoms with E-state index in [-0.39, 0.29) is 11.5 Å². The van der Waals surface area contributed by atoms with Gasteiger partial charge in [-0.25, -0.2) is 4.39 Å². The van der Waals surface area contributed by atoms with Crippen molar-refractivity contribution in [2.24, 2.45) is 11.7 Å². The lowest BCUT2D eigenvalue weighted by atomic mass is 10.1. The van der Waals surface area contributed by atoms with Crippen LogP contribution in [0.3, 0.4) is 0 Å². The van der Waals surface area contributed by atoms with Gasteiger partial charge in [0.1, 0.15) is 11.6 Å². The van der Waals surface area contributed by atoms with Crippen molar-refractivity contribution in [3.63, 3.8) is 0 Å². The van der Waals surface area contributed by atoms with E-state index in [9.17, 15) is 9.18 Å². The Balaban J connectivity index is 2.85. The minimum Gasteiger partial charge on any atom is -0.497 e. The number of halogens is 1. The Morgan fingerprint density at radius 1 is 1.58 bits per heavy atom. The van der Waals surface area contributed by atoms with E-state index < -0.39 is 11.7 Å². The van der Waals surface area contributed by atoms with Gasteiger partial charge in [0.2, 0.25) is 0 Å². The maximum Gasteiger partial charge on any atom is 0.256 e. The van der Waals surface area contributed by atoms with Crippen molar-refractivity contribution >= 4 is 23.1 Å². The molecule has 1 aromatic rings. The fourth-order valence-corrected chi connectivity index (χ4v) is 1.66. The summed E-state index contributed by atoms with van der Waals surface area (Å²) in [5.41, 5.74) is 5.49. The molecule has 0 heterocycles. The van der Waals surface area contributed by atoms with E-state index in [4.69, 9.17) is 22.7 Å². The summed E-state index contributed by atoms with van der Waals surface area (Å²) in [4.78, 5) is 13.8. The Morgan fingerprint density at radius 3 is 2.68 bits per heavy atom. The van der Waals surface area contributed by atoms with Crippen LogP contribution in [0, 0.1) is 11.7 Å². The summed E-state index contributed by atoms with van der Waals surface area (Å²) in [6.07, 6.45) is 0. The predicted octanol–water partition coefficient (Wildman–Crippen LogP) is 1.83. The summed E-state index contributed by atoms with van der Waals surface area (Å²) in [5.74, 6) is -0.777. The zero-order valence-corrected chi connectivity index (χ0v) is 12.0. The number of carbonyl (C=O) groups is 1. The normalized spacial score (nSPS) is 11.8. The molecule has 0 saturated carbocycles. The highest BCUT2D eigenvalue weighted by atomic mass is 32.1. The van der Waals surface area contributed by atoms with Crippen LogP contribution in [0.2, 0.25) is 0 Å². The maximum absolute atomic E-state index is 13.8. The van der Waals surface area contributed by atoms with Gasteiger partial charge in [0, 0.05) is 25.6 Å². The number of rotatable bonds is 5. The first-order valence-corrected chi connectivity index (χ1v) is 6.16. The molecule has 104 valence electrons. The molecule has 0 aliphatic rings. The quantitative estimate of drug-likeness (QED) is 0.838. The van der Waals surface area contributed by atoms with E-state index in [0.29, 0.717) is 17.3 Å². The van der Waals surface area contributed by atoms with Crippen LogP contribution in [0.15, 0.2) is 18.2 Å². The number of hydrogen-bond acceptors (Lipinski definition) is 3.